The molecule has 1 aromatic carbocycles. The lowest BCUT2D eigenvalue weighted by Crippen LogP contribution is -2.46. The summed E-state index contributed by atoms with van der Waals surface area (Å²) in [6.45, 7) is 4.03. The van der Waals surface area contributed by atoms with E-state index in [9.17, 15) is 9.90 Å². The minimum Gasteiger partial charge on any atom is -0.477 e. The van der Waals surface area contributed by atoms with Crippen LogP contribution in [0.4, 0.5) is 5.69 Å². The first-order valence-electron chi connectivity index (χ1n) is 11.2. The van der Waals surface area contributed by atoms with Crippen molar-refractivity contribution in [3.05, 3.63) is 47.8 Å². The first-order valence-corrected chi connectivity index (χ1v) is 11.2. The van der Waals surface area contributed by atoms with Crippen molar-refractivity contribution in [2.45, 2.75) is 31.6 Å². The van der Waals surface area contributed by atoms with Crippen LogP contribution >= 0.6 is 0 Å². The molecule has 2 aliphatic rings. The number of benzene rings is 1. The maximum absolute atomic E-state index is 12.0. The van der Waals surface area contributed by atoms with Gasteiger partial charge < -0.3 is 10.0 Å². The highest BCUT2D eigenvalue weighted by molar-refractivity contribution is 5.98. The van der Waals surface area contributed by atoms with Crippen LogP contribution in [-0.4, -0.2) is 63.5 Å². The van der Waals surface area contributed by atoms with Gasteiger partial charge in [0.05, 0.1) is 28.5 Å². The average molecular weight is 431 g/mol. The lowest BCUT2D eigenvalue weighted by atomic mass is 9.82. The van der Waals surface area contributed by atoms with Crippen LogP contribution in [-0.2, 0) is 0 Å². The van der Waals surface area contributed by atoms with Crippen molar-refractivity contribution in [3.63, 3.8) is 0 Å². The molecule has 0 amide bonds. The number of hydrogen-bond donors (Lipinski definition) is 1. The smallest absolute Gasteiger partial charge is 0.354 e. The van der Waals surface area contributed by atoms with Crippen molar-refractivity contribution in [2.75, 3.05) is 37.6 Å². The van der Waals surface area contributed by atoms with Crippen LogP contribution in [0.5, 0.6) is 0 Å². The average Bonchev–Trinajstić information content (AvgIpc) is 3.16. The number of aromatic nitrogens is 3. The minimum absolute atomic E-state index is 0.0386. The van der Waals surface area contributed by atoms with Crippen LogP contribution in [0.1, 0.15) is 47.8 Å². The van der Waals surface area contributed by atoms with Gasteiger partial charge in [-0.25, -0.2) is 14.5 Å². The molecule has 8 heteroatoms. The largest absolute Gasteiger partial charge is 0.477 e. The number of carbonyl (C=O) groups is 1. The molecule has 0 atom stereocenters. The number of anilines is 1. The Hall–Kier alpha value is -3.44. The van der Waals surface area contributed by atoms with Crippen molar-refractivity contribution >= 4 is 22.7 Å². The molecule has 2 fully saturated rings. The van der Waals surface area contributed by atoms with Gasteiger partial charge in [-0.2, -0.15) is 10.4 Å². The van der Waals surface area contributed by atoms with E-state index in [0.717, 1.165) is 68.0 Å². The summed E-state index contributed by atoms with van der Waals surface area (Å²) in [5.74, 6) is -0.651. The van der Waals surface area contributed by atoms with Crippen LogP contribution in [0.15, 0.2) is 36.4 Å². The van der Waals surface area contributed by atoms with Crippen molar-refractivity contribution < 1.29 is 9.90 Å². The number of carboxylic acids is 1. The van der Waals surface area contributed by atoms with E-state index in [1.54, 1.807) is 6.07 Å². The van der Waals surface area contributed by atoms with Crippen molar-refractivity contribution in [1.29, 1.82) is 5.26 Å². The fraction of sp³-hybridized carbons (Fsp3) is 0.417. The number of aromatic carboxylic acids is 1. The van der Waals surface area contributed by atoms with Gasteiger partial charge in [0.15, 0.2) is 11.3 Å². The number of nitriles is 1. The lowest BCUT2D eigenvalue weighted by molar-refractivity contribution is 0.0691. The van der Waals surface area contributed by atoms with Crippen LogP contribution in [0.3, 0.4) is 0 Å². The summed E-state index contributed by atoms with van der Waals surface area (Å²) in [7, 11) is 0. The third-order valence-electron chi connectivity index (χ3n) is 6.61. The molecule has 2 aromatic heterocycles. The SMILES string of the molecule is N#CCCN1CCN(c2cc(C(=O)O)nc3c2c(C2CCC2)nn3-c2ccccc2)CC1. The molecule has 8 nitrogen and oxygen atoms in total. The Labute approximate surface area is 186 Å². The molecular weight excluding hydrogens is 404 g/mol. The Balaban J connectivity index is 1.63. The second-order valence-corrected chi connectivity index (χ2v) is 8.53. The number of fused-ring (bicyclic) bond motifs is 1. The zero-order chi connectivity index (χ0) is 22.1. The Morgan fingerprint density at radius 3 is 2.53 bits per heavy atom. The van der Waals surface area contributed by atoms with Crippen molar-refractivity contribution in [2.24, 2.45) is 0 Å². The second kappa shape index (κ2) is 8.60. The molecule has 1 N–H and O–H groups in total. The van der Waals surface area contributed by atoms with Gasteiger partial charge in [0.25, 0.3) is 0 Å². The molecule has 0 spiro atoms. The molecule has 164 valence electrons. The van der Waals surface area contributed by atoms with E-state index in [-0.39, 0.29) is 5.69 Å². The van der Waals surface area contributed by atoms with E-state index < -0.39 is 5.97 Å². The number of para-hydroxylation sites is 1. The molecule has 3 aromatic rings. The van der Waals surface area contributed by atoms with E-state index in [4.69, 9.17) is 10.4 Å². The van der Waals surface area contributed by atoms with E-state index in [1.165, 1.54) is 6.42 Å². The topological polar surface area (TPSA) is 98.3 Å². The molecule has 5 rings (SSSR count). The van der Waals surface area contributed by atoms with Gasteiger partial charge in [0.2, 0.25) is 0 Å². The number of nitrogens with zero attached hydrogens (tertiary/aromatic N) is 6. The molecular formula is C24H26N6O2. The van der Waals surface area contributed by atoms with Gasteiger partial charge in [-0.15, -0.1) is 0 Å². The first-order chi connectivity index (χ1) is 15.7. The van der Waals surface area contributed by atoms with Crippen LogP contribution in [0.2, 0.25) is 0 Å². The van der Waals surface area contributed by atoms with Gasteiger partial charge in [-0.3, -0.25) is 4.90 Å². The summed E-state index contributed by atoms with van der Waals surface area (Å²) >= 11 is 0. The molecule has 3 heterocycles. The van der Waals surface area contributed by atoms with E-state index in [0.29, 0.717) is 18.0 Å². The summed E-state index contributed by atoms with van der Waals surface area (Å²) in [6.07, 6.45) is 3.92. The predicted octanol–water partition coefficient (Wildman–Crippen LogP) is 3.42. The molecule has 32 heavy (non-hydrogen) atoms. The van der Waals surface area contributed by atoms with Crippen LogP contribution in [0, 0.1) is 11.3 Å². The number of carboxylic acid groups (broad SMARTS) is 1. The van der Waals surface area contributed by atoms with E-state index >= 15 is 0 Å². The van der Waals surface area contributed by atoms with Gasteiger partial charge >= 0.3 is 5.97 Å². The summed E-state index contributed by atoms with van der Waals surface area (Å²) in [6, 6.07) is 13.7. The highest BCUT2D eigenvalue weighted by Gasteiger charge is 2.31. The third-order valence-corrected chi connectivity index (χ3v) is 6.61. The lowest BCUT2D eigenvalue weighted by Gasteiger charge is -2.36. The molecule has 1 aliphatic heterocycles. The summed E-state index contributed by atoms with van der Waals surface area (Å²) < 4.78 is 1.81. The normalized spacial score (nSPS) is 17.3. The van der Waals surface area contributed by atoms with Crippen molar-refractivity contribution in [3.8, 4) is 11.8 Å². The molecule has 0 bridgehead atoms. The third kappa shape index (κ3) is 3.69. The summed E-state index contributed by atoms with van der Waals surface area (Å²) in [4.78, 5) is 21.1. The highest BCUT2D eigenvalue weighted by Crippen LogP contribution is 2.42. The molecule has 1 saturated carbocycles. The zero-order valence-electron chi connectivity index (χ0n) is 17.9. The van der Waals surface area contributed by atoms with E-state index in [2.05, 4.69) is 20.9 Å². The Kier molecular flexibility index (Phi) is 5.50. The monoisotopic (exact) mass is 430 g/mol. The number of hydrogen-bond acceptors (Lipinski definition) is 6. The van der Waals surface area contributed by atoms with Crippen LogP contribution < -0.4 is 4.90 Å². The van der Waals surface area contributed by atoms with Crippen LogP contribution in [0.25, 0.3) is 16.7 Å². The van der Waals surface area contributed by atoms with Crippen molar-refractivity contribution in [1.82, 2.24) is 19.7 Å². The predicted molar refractivity (Wildman–Crippen MR) is 121 cm³/mol. The Morgan fingerprint density at radius 2 is 1.91 bits per heavy atom. The number of pyridine rings is 1. The maximum Gasteiger partial charge on any atom is 0.354 e. The molecule has 0 radical (unpaired) electrons. The highest BCUT2D eigenvalue weighted by atomic mass is 16.4. The summed E-state index contributed by atoms with van der Waals surface area (Å²) in [5.41, 5.74) is 3.47. The summed E-state index contributed by atoms with van der Waals surface area (Å²) in [5, 5.41) is 24.6. The number of rotatable bonds is 6. The van der Waals surface area contributed by atoms with Gasteiger partial charge in [-0.1, -0.05) is 24.6 Å². The van der Waals surface area contributed by atoms with Gasteiger partial charge in [-0.05, 0) is 31.0 Å². The maximum atomic E-state index is 12.0. The minimum atomic E-state index is -1.04. The fourth-order valence-corrected chi connectivity index (χ4v) is 4.62. The quantitative estimate of drug-likeness (QED) is 0.640. The molecule has 1 aliphatic carbocycles. The molecule has 0 unspecified atom stereocenters. The van der Waals surface area contributed by atoms with Gasteiger partial charge in [0.1, 0.15) is 0 Å². The standard InChI is InChI=1S/C24H26N6O2/c25-10-5-11-28-12-14-29(15-13-28)20-16-19(24(31)32)26-23-21(20)22(17-6-4-7-17)27-30(23)18-8-2-1-3-9-18/h1-3,8-9,16-17H,4-7,11-15H2,(H,31,32). The first kappa shape index (κ1) is 20.5. The van der Waals surface area contributed by atoms with Gasteiger partial charge in [0, 0.05) is 45.1 Å². The zero-order valence-corrected chi connectivity index (χ0v) is 17.9. The Morgan fingerprint density at radius 1 is 1.16 bits per heavy atom. The Bertz CT molecular complexity index is 1170. The number of piperazine rings is 1. The second-order valence-electron chi connectivity index (χ2n) is 8.53. The molecule has 1 saturated heterocycles. The fourth-order valence-electron chi connectivity index (χ4n) is 4.62. The van der Waals surface area contributed by atoms with E-state index in [1.807, 2.05) is 35.0 Å².